The second-order valence-corrected chi connectivity index (χ2v) is 6.64. The maximum atomic E-state index is 13.1. The third kappa shape index (κ3) is 3.54. The van der Waals surface area contributed by atoms with E-state index in [1.54, 1.807) is 23.6 Å². The largest absolute Gasteiger partial charge is 0.507 e. The van der Waals surface area contributed by atoms with E-state index in [2.05, 4.69) is 26.2 Å². The number of hydrogen-bond acceptors (Lipinski definition) is 4. The lowest BCUT2D eigenvalue weighted by molar-refractivity contribution is -0.137. The number of anilines is 2. The lowest BCUT2D eigenvalue weighted by Gasteiger charge is -2.13. The molecule has 0 bridgehead atoms. The number of para-hydroxylation sites is 1. The first kappa shape index (κ1) is 16.8. The number of benzene rings is 2. The summed E-state index contributed by atoms with van der Waals surface area (Å²) in [6, 6.07) is 10.5. The first-order valence-electron chi connectivity index (χ1n) is 6.72. The van der Waals surface area contributed by atoms with Gasteiger partial charge < -0.3 is 10.4 Å². The Kier molecular flexibility index (Phi) is 4.51. The lowest BCUT2D eigenvalue weighted by atomic mass is 10.1. The molecule has 0 aliphatic heterocycles. The molecule has 3 aromatic rings. The minimum absolute atomic E-state index is 0.0639. The molecular weight excluding hydrogens is 405 g/mol. The summed E-state index contributed by atoms with van der Waals surface area (Å²) < 4.78 is 39.8. The molecule has 3 rings (SSSR count). The molecule has 2 aromatic carbocycles. The minimum atomic E-state index is -4.48. The highest BCUT2D eigenvalue weighted by Gasteiger charge is 2.34. The van der Waals surface area contributed by atoms with Gasteiger partial charge in [0.2, 0.25) is 0 Å². The van der Waals surface area contributed by atoms with Crippen LogP contribution in [-0.2, 0) is 6.18 Å². The van der Waals surface area contributed by atoms with Crippen molar-refractivity contribution < 1.29 is 18.3 Å². The Bertz CT molecular complexity index is 880. The van der Waals surface area contributed by atoms with Gasteiger partial charge in [0, 0.05) is 15.4 Å². The predicted molar refractivity (Wildman–Crippen MR) is 91.6 cm³/mol. The van der Waals surface area contributed by atoms with Crippen molar-refractivity contribution in [1.82, 2.24) is 4.98 Å². The summed E-state index contributed by atoms with van der Waals surface area (Å²) in [6.45, 7) is 0. The number of halogens is 4. The fraction of sp³-hybridized carbons (Fsp3) is 0.0625. The molecule has 2 N–H and O–H groups in total. The van der Waals surface area contributed by atoms with Crippen molar-refractivity contribution in [2.75, 3.05) is 5.32 Å². The van der Waals surface area contributed by atoms with Gasteiger partial charge in [0.25, 0.3) is 0 Å². The van der Waals surface area contributed by atoms with E-state index in [1.807, 2.05) is 0 Å². The molecule has 0 spiro atoms. The highest BCUT2D eigenvalue weighted by Crippen LogP contribution is 2.39. The van der Waals surface area contributed by atoms with Crippen LogP contribution in [0.5, 0.6) is 5.75 Å². The number of aromatic nitrogens is 1. The van der Waals surface area contributed by atoms with Crippen LogP contribution in [0.2, 0.25) is 0 Å². The minimum Gasteiger partial charge on any atom is -0.507 e. The van der Waals surface area contributed by atoms with Crippen LogP contribution in [0.15, 0.2) is 52.3 Å². The molecule has 1 aromatic heterocycles. The van der Waals surface area contributed by atoms with Crippen LogP contribution in [0.1, 0.15) is 5.56 Å². The van der Waals surface area contributed by atoms with Gasteiger partial charge >= 0.3 is 6.18 Å². The molecule has 0 saturated heterocycles. The number of rotatable bonds is 3. The van der Waals surface area contributed by atoms with Gasteiger partial charge in [0.15, 0.2) is 5.13 Å². The van der Waals surface area contributed by atoms with Gasteiger partial charge in [0.05, 0.1) is 16.9 Å². The SMILES string of the molecule is Oc1ccccc1-c1csc(Nc2ccc(Br)cc2C(F)(F)F)n1. The van der Waals surface area contributed by atoms with Gasteiger partial charge in [-0.05, 0) is 30.3 Å². The van der Waals surface area contributed by atoms with Gasteiger partial charge in [-0.1, -0.05) is 28.1 Å². The zero-order valence-electron chi connectivity index (χ0n) is 11.9. The summed E-state index contributed by atoms with van der Waals surface area (Å²) >= 11 is 4.21. The summed E-state index contributed by atoms with van der Waals surface area (Å²) in [5.41, 5.74) is 0.153. The van der Waals surface area contributed by atoms with Gasteiger partial charge in [-0.3, -0.25) is 0 Å². The Labute approximate surface area is 147 Å². The number of nitrogens with zero attached hydrogens (tertiary/aromatic N) is 1. The zero-order valence-corrected chi connectivity index (χ0v) is 14.3. The Morgan fingerprint density at radius 3 is 2.58 bits per heavy atom. The fourth-order valence-electron chi connectivity index (χ4n) is 2.12. The third-order valence-corrected chi connectivity index (χ3v) is 4.46. The highest BCUT2D eigenvalue weighted by atomic mass is 79.9. The summed E-state index contributed by atoms with van der Waals surface area (Å²) in [6.07, 6.45) is -4.48. The third-order valence-electron chi connectivity index (χ3n) is 3.21. The van der Waals surface area contributed by atoms with Gasteiger partial charge in [-0.2, -0.15) is 13.2 Å². The number of phenolic OH excluding ortho intramolecular Hbond substituents is 1. The molecule has 0 amide bonds. The van der Waals surface area contributed by atoms with E-state index >= 15 is 0 Å². The quantitative estimate of drug-likeness (QED) is 0.548. The van der Waals surface area contributed by atoms with Crippen LogP contribution >= 0.6 is 27.3 Å². The predicted octanol–water partition coefficient (Wildman–Crippen LogP) is 6.04. The van der Waals surface area contributed by atoms with Crippen LogP contribution in [0, 0.1) is 0 Å². The number of nitrogens with one attached hydrogen (secondary N) is 1. The van der Waals surface area contributed by atoms with E-state index in [-0.39, 0.29) is 11.4 Å². The molecule has 0 aliphatic carbocycles. The number of alkyl halides is 3. The molecule has 1 heterocycles. The van der Waals surface area contributed by atoms with Crippen molar-refractivity contribution in [3.05, 3.63) is 57.9 Å². The molecule has 0 radical (unpaired) electrons. The maximum Gasteiger partial charge on any atom is 0.418 e. The van der Waals surface area contributed by atoms with Crippen molar-refractivity contribution >= 4 is 38.1 Å². The molecule has 8 heteroatoms. The topological polar surface area (TPSA) is 45.1 Å². The summed E-state index contributed by atoms with van der Waals surface area (Å²) in [5.74, 6) is 0.0639. The van der Waals surface area contributed by atoms with Crippen molar-refractivity contribution in [3.8, 4) is 17.0 Å². The Hall–Kier alpha value is -2.06. The molecule has 3 nitrogen and oxygen atoms in total. The standard InChI is InChI=1S/C16H10BrF3N2OS/c17-9-5-6-12(11(7-9)16(18,19)20)21-15-22-13(8-24-15)10-3-1-2-4-14(10)23/h1-8,23H,(H,21,22). The molecule has 24 heavy (non-hydrogen) atoms. The fourth-order valence-corrected chi connectivity index (χ4v) is 3.20. The van der Waals surface area contributed by atoms with Crippen LogP contribution in [0.3, 0.4) is 0 Å². The first-order chi connectivity index (χ1) is 11.3. The number of thiazole rings is 1. The van der Waals surface area contributed by atoms with E-state index < -0.39 is 11.7 Å². The van der Waals surface area contributed by atoms with E-state index in [0.717, 1.165) is 17.4 Å². The number of hydrogen-bond donors (Lipinski definition) is 2. The lowest BCUT2D eigenvalue weighted by Crippen LogP contribution is -2.08. The average molecular weight is 415 g/mol. The smallest absolute Gasteiger partial charge is 0.418 e. The van der Waals surface area contributed by atoms with Gasteiger partial charge in [-0.25, -0.2) is 4.98 Å². The summed E-state index contributed by atoms with van der Waals surface area (Å²) in [4.78, 5) is 4.25. The van der Waals surface area contributed by atoms with Gasteiger partial charge in [0.1, 0.15) is 5.75 Å². The monoisotopic (exact) mass is 414 g/mol. The molecule has 0 fully saturated rings. The maximum absolute atomic E-state index is 13.1. The molecule has 0 atom stereocenters. The van der Waals surface area contributed by atoms with E-state index in [1.165, 1.54) is 18.2 Å². The van der Waals surface area contributed by atoms with Gasteiger partial charge in [-0.15, -0.1) is 11.3 Å². The van der Waals surface area contributed by atoms with E-state index in [4.69, 9.17) is 0 Å². The van der Waals surface area contributed by atoms with Crippen molar-refractivity contribution in [1.29, 1.82) is 0 Å². The van der Waals surface area contributed by atoms with Crippen molar-refractivity contribution in [2.24, 2.45) is 0 Å². The molecule has 0 unspecified atom stereocenters. The first-order valence-corrected chi connectivity index (χ1v) is 8.39. The Morgan fingerprint density at radius 2 is 1.88 bits per heavy atom. The number of aromatic hydroxyl groups is 1. The Morgan fingerprint density at radius 1 is 1.12 bits per heavy atom. The zero-order chi connectivity index (χ0) is 17.3. The molecular formula is C16H10BrF3N2OS. The van der Waals surface area contributed by atoms with Crippen LogP contribution in [-0.4, -0.2) is 10.1 Å². The molecule has 124 valence electrons. The van der Waals surface area contributed by atoms with Crippen molar-refractivity contribution in [3.63, 3.8) is 0 Å². The van der Waals surface area contributed by atoms with Crippen LogP contribution in [0.4, 0.5) is 24.0 Å². The summed E-state index contributed by atoms with van der Waals surface area (Å²) in [5, 5.41) is 14.5. The normalized spacial score (nSPS) is 11.5. The average Bonchev–Trinajstić information content (AvgIpc) is 2.97. The van der Waals surface area contributed by atoms with Crippen LogP contribution < -0.4 is 5.32 Å². The van der Waals surface area contributed by atoms with E-state index in [9.17, 15) is 18.3 Å². The summed E-state index contributed by atoms with van der Waals surface area (Å²) in [7, 11) is 0. The highest BCUT2D eigenvalue weighted by molar-refractivity contribution is 9.10. The van der Waals surface area contributed by atoms with Crippen molar-refractivity contribution in [2.45, 2.75) is 6.18 Å². The van der Waals surface area contributed by atoms with Crippen LogP contribution in [0.25, 0.3) is 11.3 Å². The second-order valence-electron chi connectivity index (χ2n) is 4.87. The molecule has 0 aliphatic rings. The van der Waals surface area contributed by atoms with E-state index in [0.29, 0.717) is 20.9 Å². The number of phenols is 1. The Balaban J connectivity index is 1.93. The molecule has 0 saturated carbocycles. The second kappa shape index (κ2) is 6.45.